The van der Waals surface area contributed by atoms with Crippen LogP contribution in [0.3, 0.4) is 0 Å². The molecule has 180 valence electrons. The van der Waals surface area contributed by atoms with Crippen molar-refractivity contribution in [1.82, 2.24) is 14.7 Å². The number of benzene rings is 3. The molecule has 1 saturated heterocycles. The summed E-state index contributed by atoms with van der Waals surface area (Å²) < 4.78 is 7.86. The first-order valence-electron chi connectivity index (χ1n) is 11.9. The van der Waals surface area contributed by atoms with Gasteiger partial charge in [0, 0.05) is 43.4 Å². The largest absolute Gasteiger partial charge is 0.455 e. The van der Waals surface area contributed by atoms with E-state index in [0.717, 1.165) is 49.9 Å². The van der Waals surface area contributed by atoms with Crippen molar-refractivity contribution in [3.8, 4) is 11.5 Å². The summed E-state index contributed by atoms with van der Waals surface area (Å²) >= 11 is 0. The SMILES string of the molecule is O=C(Nc1ccc2cn(CCCN3CCC(O)C3)nc2c1)Nc1ccccc1Oc1ccccc1. The van der Waals surface area contributed by atoms with Gasteiger partial charge in [0.05, 0.1) is 17.3 Å². The minimum absolute atomic E-state index is 0.185. The number of hydrogen-bond acceptors (Lipinski definition) is 5. The zero-order valence-corrected chi connectivity index (χ0v) is 19.4. The van der Waals surface area contributed by atoms with Gasteiger partial charge in [-0.2, -0.15) is 5.10 Å². The monoisotopic (exact) mass is 471 g/mol. The molecule has 3 N–H and O–H groups in total. The molecule has 4 aromatic rings. The lowest BCUT2D eigenvalue weighted by Crippen LogP contribution is -2.24. The molecule has 2 amide bonds. The third kappa shape index (κ3) is 5.98. The highest BCUT2D eigenvalue weighted by Crippen LogP contribution is 2.29. The number of aliphatic hydroxyl groups excluding tert-OH is 1. The number of fused-ring (bicyclic) bond motifs is 1. The molecule has 1 aliphatic rings. The third-order valence-electron chi connectivity index (χ3n) is 6.03. The Morgan fingerprint density at radius 3 is 2.69 bits per heavy atom. The van der Waals surface area contributed by atoms with E-state index in [1.807, 2.05) is 77.6 Å². The maximum atomic E-state index is 12.7. The van der Waals surface area contributed by atoms with Gasteiger partial charge in [0.1, 0.15) is 5.75 Å². The molecule has 1 aromatic heterocycles. The molecule has 1 atom stereocenters. The van der Waals surface area contributed by atoms with E-state index in [0.29, 0.717) is 22.9 Å². The smallest absolute Gasteiger partial charge is 0.323 e. The molecule has 1 fully saturated rings. The predicted octanol–water partition coefficient (Wildman–Crippen LogP) is 4.93. The van der Waals surface area contributed by atoms with Crippen molar-refractivity contribution >= 4 is 28.3 Å². The number of carbonyl (C=O) groups is 1. The summed E-state index contributed by atoms with van der Waals surface area (Å²) in [6.07, 6.45) is 3.67. The lowest BCUT2D eigenvalue weighted by atomic mass is 10.2. The van der Waals surface area contributed by atoms with Crippen molar-refractivity contribution in [2.24, 2.45) is 0 Å². The molecular formula is C27H29N5O3. The maximum Gasteiger partial charge on any atom is 0.323 e. The number of aromatic nitrogens is 2. The highest BCUT2D eigenvalue weighted by molar-refractivity contribution is 6.01. The zero-order chi connectivity index (χ0) is 24.0. The van der Waals surface area contributed by atoms with Crippen LogP contribution in [0.2, 0.25) is 0 Å². The Hall–Kier alpha value is -3.88. The minimum Gasteiger partial charge on any atom is -0.455 e. The molecule has 0 radical (unpaired) electrons. The van der Waals surface area contributed by atoms with Gasteiger partial charge in [0.15, 0.2) is 5.75 Å². The molecular weight excluding hydrogens is 442 g/mol. The molecule has 2 heterocycles. The Bertz CT molecular complexity index is 1290. The Morgan fingerprint density at radius 2 is 1.86 bits per heavy atom. The van der Waals surface area contributed by atoms with E-state index in [2.05, 4.69) is 20.6 Å². The number of nitrogens with zero attached hydrogens (tertiary/aromatic N) is 3. The molecule has 3 aromatic carbocycles. The summed E-state index contributed by atoms with van der Waals surface area (Å²) in [5.74, 6) is 1.26. The minimum atomic E-state index is -0.360. The van der Waals surface area contributed by atoms with E-state index < -0.39 is 0 Å². The average molecular weight is 472 g/mol. The number of carbonyl (C=O) groups excluding carboxylic acids is 1. The number of hydrogen-bond donors (Lipinski definition) is 3. The fourth-order valence-corrected chi connectivity index (χ4v) is 4.29. The summed E-state index contributed by atoms with van der Waals surface area (Å²) in [6.45, 7) is 3.49. The van der Waals surface area contributed by atoms with Crippen LogP contribution in [0.15, 0.2) is 79.0 Å². The summed E-state index contributed by atoms with van der Waals surface area (Å²) in [5, 5.41) is 21.1. The van der Waals surface area contributed by atoms with Gasteiger partial charge in [-0.15, -0.1) is 0 Å². The number of ether oxygens (including phenoxy) is 1. The molecule has 1 unspecified atom stereocenters. The van der Waals surface area contributed by atoms with Crippen LogP contribution in [0, 0.1) is 0 Å². The van der Waals surface area contributed by atoms with E-state index in [-0.39, 0.29) is 12.1 Å². The molecule has 8 nitrogen and oxygen atoms in total. The van der Waals surface area contributed by atoms with Gasteiger partial charge in [0.25, 0.3) is 0 Å². The molecule has 0 spiro atoms. The lowest BCUT2D eigenvalue weighted by molar-refractivity contribution is 0.175. The van der Waals surface area contributed by atoms with Crippen molar-refractivity contribution in [2.75, 3.05) is 30.3 Å². The van der Waals surface area contributed by atoms with Gasteiger partial charge in [-0.1, -0.05) is 30.3 Å². The van der Waals surface area contributed by atoms with E-state index in [1.165, 1.54) is 0 Å². The van der Waals surface area contributed by atoms with Crippen LogP contribution in [0.5, 0.6) is 11.5 Å². The molecule has 1 aliphatic heterocycles. The predicted molar refractivity (Wildman–Crippen MR) is 137 cm³/mol. The van der Waals surface area contributed by atoms with Crippen LogP contribution < -0.4 is 15.4 Å². The maximum absolute atomic E-state index is 12.7. The molecule has 35 heavy (non-hydrogen) atoms. The number of urea groups is 1. The highest BCUT2D eigenvalue weighted by atomic mass is 16.5. The first-order chi connectivity index (χ1) is 17.1. The number of aliphatic hydroxyl groups is 1. The number of amides is 2. The van der Waals surface area contributed by atoms with Gasteiger partial charge in [0.2, 0.25) is 0 Å². The van der Waals surface area contributed by atoms with E-state index in [9.17, 15) is 9.90 Å². The second-order valence-corrected chi connectivity index (χ2v) is 8.75. The Morgan fingerprint density at radius 1 is 1.03 bits per heavy atom. The van der Waals surface area contributed by atoms with Crippen LogP contribution in [-0.2, 0) is 6.54 Å². The van der Waals surface area contributed by atoms with Gasteiger partial charge in [-0.25, -0.2) is 4.79 Å². The van der Waals surface area contributed by atoms with Crippen molar-refractivity contribution < 1.29 is 14.6 Å². The Kier molecular flexibility index (Phi) is 6.92. The molecule has 0 aliphatic carbocycles. The van der Waals surface area contributed by atoms with Crippen LogP contribution in [-0.4, -0.2) is 51.6 Å². The summed E-state index contributed by atoms with van der Waals surface area (Å²) in [6, 6.07) is 22.1. The number of likely N-dealkylation sites (tertiary alicyclic amines) is 1. The molecule has 0 saturated carbocycles. The fraction of sp³-hybridized carbons (Fsp3) is 0.259. The number of para-hydroxylation sites is 3. The van der Waals surface area contributed by atoms with Gasteiger partial charge >= 0.3 is 6.03 Å². The first kappa shape index (κ1) is 22.9. The van der Waals surface area contributed by atoms with Gasteiger partial charge in [-0.3, -0.25) is 4.68 Å². The first-order valence-corrected chi connectivity index (χ1v) is 11.9. The Labute approximate surface area is 204 Å². The van der Waals surface area contributed by atoms with Crippen molar-refractivity contribution in [3.05, 3.63) is 79.0 Å². The number of β-amino-alcohol motifs (C(OH)–C–C–N with tert-alkyl or cyclic N) is 1. The topological polar surface area (TPSA) is 91.7 Å². The van der Waals surface area contributed by atoms with Crippen molar-refractivity contribution in [3.63, 3.8) is 0 Å². The summed E-state index contributed by atoms with van der Waals surface area (Å²) in [4.78, 5) is 15.0. The van der Waals surface area contributed by atoms with Crippen LogP contribution in [0.1, 0.15) is 12.8 Å². The molecule has 0 bridgehead atoms. The normalized spacial score (nSPS) is 15.9. The number of aryl methyl sites for hydroxylation is 1. The highest BCUT2D eigenvalue weighted by Gasteiger charge is 2.19. The van der Waals surface area contributed by atoms with Crippen molar-refractivity contribution in [2.45, 2.75) is 25.5 Å². The quantitative estimate of drug-likeness (QED) is 0.339. The average Bonchev–Trinajstić information content (AvgIpc) is 3.46. The van der Waals surface area contributed by atoms with Crippen LogP contribution >= 0.6 is 0 Å². The molecule has 8 heteroatoms. The van der Waals surface area contributed by atoms with E-state index in [1.54, 1.807) is 6.07 Å². The van der Waals surface area contributed by atoms with E-state index in [4.69, 9.17) is 4.74 Å². The summed E-state index contributed by atoms with van der Waals surface area (Å²) in [5.41, 5.74) is 2.06. The van der Waals surface area contributed by atoms with Crippen LogP contribution in [0.25, 0.3) is 10.9 Å². The number of nitrogens with one attached hydrogen (secondary N) is 2. The van der Waals surface area contributed by atoms with E-state index >= 15 is 0 Å². The number of anilines is 2. The third-order valence-corrected chi connectivity index (χ3v) is 6.03. The standard InChI is InChI=1S/C27H29N5O3/c33-22-13-16-31(19-22)14-6-15-32-18-20-11-12-21(17-25(20)30-32)28-27(34)29-24-9-4-5-10-26(24)35-23-7-2-1-3-8-23/h1-5,7-12,17-18,22,33H,6,13-16,19H2,(H2,28,29,34). The van der Waals surface area contributed by atoms with Crippen LogP contribution in [0.4, 0.5) is 16.2 Å². The fourth-order valence-electron chi connectivity index (χ4n) is 4.29. The second-order valence-electron chi connectivity index (χ2n) is 8.75. The second kappa shape index (κ2) is 10.6. The van der Waals surface area contributed by atoms with Gasteiger partial charge < -0.3 is 25.4 Å². The Balaban J connectivity index is 1.18. The lowest BCUT2D eigenvalue weighted by Gasteiger charge is -2.14. The summed E-state index contributed by atoms with van der Waals surface area (Å²) in [7, 11) is 0. The van der Waals surface area contributed by atoms with Crippen molar-refractivity contribution in [1.29, 1.82) is 0 Å². The molecule has 5 rings (SSSR count). The van der Waals surface area contributed by atoms with Gasteiger partial charge in [-0.05, 0) is 55.3 Å². The zero-order valence-electron chi connectivity index (χ0n) is 19.4. The number of rotatable bonds is 8.